The number of nitro benzene ring substituents is 1. The van der Waals surface area contributed by atoms with Gasteiger partial charge in [-0.15, -0.1) is 0 Å². The summed E-state index contributed by atoms with van der Waals surface area (Å²) in [6.45, 7) is 2.65. The molecule has 0 amide bonds. The predicted octanol–water partition coefficient (Wildman–Crippen LogP) is 1.19. The normalized spacial score (nSPS) is 12.6. The predicted molar refractivity (Wildman–Crippen MR) is 80.7 cm³/mol. The van der Waals surface area contributed by atoms with Gasteiger partial charge in [0.1, 0.15) is 5.69 Å². The fraction of sp³-hybridized carbons (Fsp3) is 0.385. The van der Waals surface area contributed by atoms with E-state index in [0.29, 0.717) is 11.2 Å². The number of hydrogen-bond donors (Lipinski definition) is 2. The molecule has 0 saturated heterocycles. The largest absolute Gasteiger partial charge is 0.376 e. The van der Waals surface area contributed by atoms with E-state index in [1.807, 2.05) is 25.9 Å². The molecule has 0 aliphatic carbocycles. The topological polar surface area (TPSA) is 104 Å². The highest BCUT2D eigenvalue weighted by molar-refractivity contribution is 5.86. The molecule has 0 spiro atoms. The third kappa shape index (κ3) is 3.34. The fourth-order valence-corrected chi connectivity index (χ4v) is 2.23. The minimum atomic E-state index is -0.503. The maximum atomic E-state index is 11.7. The highest BCUT2D eigenvalue weighted by Crippen LogP contribution is 2.28. The van der Waals surface area contributed by atoms with E-state index in [2.05, 4.69) is 15.3 Å². The molecule has 1 aromatic heterocycles. The summed E-state index contributed by atoms with van der Waals surface area (Å²) in [4.78, 5) is 30.8. The number of fused-ring (bicyclic) bond motifs is 1. The van der Waals surface area contributed by atoms with Gasteiger partial charge in [0.15, 0.2) is 0 Å². The lowest BCUT2D eigenvalue weighted by molar-refractivity contribution is -0.383. The zero-order valence-electron chi connectivity index (χ0n) is 12.1. The SMILES string of the molecule is CC(CN(C)C)Nc1cc2nc[nH]c(=O)c2cc1[N+](=O)[O-]. The van der Waals surface area contributed by atoms with Crippen LogP contribution in [0.1, 0.15) is 6.92 Å². The van der Waals surface area contributed by atoms with Crippen LogP contribution in [0.3, 0.4) is 0 Å². The highest BCUT2D eigenvalue weighted by atomic mass is 16.6. The van der Waals surface area contributed by atoms with Crippen molar-refractivity contribution >= 4 is 22.3 Å². The Balaban J connectivity index is 2.48. The van der Waals surface area contributed by atoms with E-state index < -0.39 is 10.5 Å². The van der Waals surface area contributed by atoms with Crippen LogP contribution in [0.5, 0.6) is 0 Å². The molecule has 1 aromatic carbocycles. The molecule has 112 valence electrons. The Morgan fingerprint density at radius 2 is 2.19 bits per heavy atom. The van der Waals surface area contributed by atoms with E-state index in [4.69, 9.17) is 0 Å². The number of nitrogens with zero attached hydrogens (tertiary/aromatic N) is 3. The molecule has 2 N–H and O–H groups in total. The second kappa shape index (κ2) is 5.88. The third-order valence-corrected chi connectivity index (χ3v) is 3.00. The van der Waals surface area contributed by atoms with Gasteiger partial charge in [0, 0.05) is 18.7 Å². The lowest BCUT2D eigenvalue weighted by Crippen LogP contribution is -2.29. The number of rotatable bonds is 5. The lowest BCUT2D eigenvalue weighted by Gasteiger charge is -2.19. The minimum Gasteiger partial charge on any atom is -0.376 e. The Morgan fingerprint density at radius 3 is 2.81 bits per heavy atom. The number of hydrogen-bond acceptors (Lipinski definition) is 6. The van der Waals surface area contributed by atoms with Crippen LogP contribution in [0.15, 0.2) is 23.3 Å². The number of anilines is 1. The van der Waals surface area contributed by atoms with Gasteiger partial charge in [-0.1, -0.05) is 0 Å². The molecule has 0 bridgehead atoms. The van der Waals surface area contributed by atoms with Crippen LogP contribution < -0.4 is 10.9 Å². The molecule has 0 aliphatic rings. The van der Waals surface area contributed by atoms with Crippen LogP contribution in [0, 0.1) is 10.1 Å². The molecule has 0 fully saturated rings. The van der Waals surface area contributed by atoms with Crippen molar-refractivity contribution in [3.63, 3.8) is 0 Å². The Hall–Kier alpha value is -2.48. The van der Waals surface area contributed by atoms with E-state index in [-0.39, 0.29) is 17.1 Å². The Bertz CT molecular complexity index is 725. The van der Waals surface area contributed by atoms with Gasteiger partial charge < -0.3 is 15.2 Å². The van der Waals surface area contributed by atoms with E-state index in [0.717, 1.165) is 6.54 Å². The second-order valence-electron chi connectivity index (χ2n) is 5.18. The fourth-order valence-electron chi connectivity index (χ4n) is 2.23. The average molecular weight is 291 g/mol. The van der Waals surface area contributed by atoms with Crippen molar-refractivity contribution in [3.8, 4) is 0 Å². The number of aromatic amines is 1. The van der Waals surface area contributed by atoms with Crippen LogP contribution >= 0.6 is 0 Å². The first-order valence-corrected chi connectivity index (χ1v) is 6.45. The summed E-state index contributed by atoms with van der Waals surface area (Å²) in [7, 11) is 3.85. The van der Waals surface area contributed by atoms with Crippen molar-refractivity contribution in [2.24, 2.45) is 0 Å². The van der Waals surface area contributed by atoms with Gasteiger partial charge >= 0.3 is 0 Å². The molecule has 21 heavy (non-hydrogen) atoms. The summed E-state index contributed by atoms with van der Waals surface area (Å²) in [6.07, 6.45) is 1.28. The molecule has 1 unspecified atom stereocenters. The van der Waals surface area contributed by atoms with Crippen molar-refractivity contribution in [3.05, 3.63) is 38.9 Å². The van der Waals surface area contributed by atoms with Gasteiger partial charge in [0.25, 0.3) is 11.2 Å². The smallest absolute Gasteiger partial charge is 0.293 e. The molecule has 0 radical (unpaired) electrons. The van der Waals surface area contributed by atoms with Crippen LogP contribution in [-0.2, 0) is 0 Å². The molecule has 0 aliphatic heterocycles. The molecular weight excluding hydrogens is 274 g/mol. The Kier molecular flexibility index (Phi) is 4.18. The number of likely N-dealkylation sites (N-methyl/N-ethyl adjacent to an activating group) is 1. The Labute approximate surface area is 121 Å². The third-order valence-electron chi connectivity index (χ3n) is 3.00. The lowest BCUT2D eigenvalue weighted by atomic mass is 10.1. The van der Waals surface area contributed by atoms with Crippen molar-refractivity contribution in [2.45, 2.75) is 13.0 Å². The van der Waals surface area contributed by atoms with E-state index in [1.54, 1.807) is 0 Å². The summed E-state index contributed by atoms with van der Waals surface area (Å²) >= 11 is 0. The second-order valence-corrected chi connectivity index (χ2v) is 5.18. The zero-order valence-corrected chi connectivity index (χ0v) is 12.1. The molecule has 8 heteroatoms. The van der Waals surface area contributed by atoms with Crippen molar-refractivity contribution in [1.29, 1.82) is 0 Å². The molecule has 1 atom stereocenters. The van der Waals surface area contributed by atoms with Gasteiger partial charge in [-0.05, 0) is 27.1 Å². The quantitative estimate of drug-likeness (QED) is 0.633. The van der Waals surface area contributed by atoms with Crippen molar-refractivity contribution < 1.29 is 4.92 Å². The van der Waals surface area contributed by atoms with Crippen LogP contribution in [0.2, 0.25) is 0 Å². The van der Waals surface area contributed by atoms with Crippen LogP contribution in [-0.4, -0.2) is 46.5 Å². The van der Waals surface area contributed by atoms with Crippen LogP contribution in [0.4, 0.5) is 11.4 Å². The summed E-state index contributed by atoms with van der Waals surface area (Å²) in [5.74, 6) is 0. The summed E-state index contributed by atoms with van der Waals surface area (Å²) < 4.78 is 0. The number of aromatic nitrogens is 2. The Morgan fingerprint density at radius 1 is 1.48 bits per heavy atom. The molecule has 2 aromatic rings. The minimum absolute atomic E-state index is 0.0122. The van der Waals surface area contributed by atoms with Crippen molar-refractivity contribution in [2.75, 3.05) is 26.0 Å². The van der Waals surface area contributed by atoms with Crippen molar-refractivity contribution in [1.82, 2.24) is 14.9 Å². The van der Waals surface area contributed by atoms with Gasteiger partial charge in [-0.3, -0.25) is 14.9 Å². The van der Waals surface area contributed by atoms with Gasteiger partial charge in [0.05, 0.1) is 22.2 Å². The highest BCUT2D eigenvalue weighted by Gasteiger charge is 2.18. The molecule has 1 heterocycles. The van der Waals surface area contributed by atoms with E-state index >= 15 is 0 Å². The van der Waals surface area contributed by atoms with Gasteiger partial charge in [-0.25, -0.2) is 4.98 Å². The summed E-state index contributed by atoms with van der Waals surface area (Å²) in [5.41, 5.74) is 0.256. The zero-order chi connectivity index (χ0) is 15.6. The first kappa shape index (κ1) is 14.9. The van der Waals surface area contributed by atoms with Gasteiger partial charge in [0.2, 0.25) is 0 Å². The molecular formula is C13H17N5O3. The number of nitro groups is 1. The van der Waals surface area contributed by atoms with E-state index in [9.17, 15) is 14.9 Å². The monoisotopic (exact) mass is 291 g/mol. The van der Waals surface area contributed by atoms with Crippen LogP contribution in [0.25, 0.3) is 10.9 Å². The van der Waals surface area contributed by atoms with E-state index in [1.165, 1.54) is 18.5 Å². The summed E-state index contributed by atoms with van der Waals surface area (Å²) in [6, 6.07) is 2.80. The average Bonchev–Trinajstić information content (AvgIpc) is 2.37. The number of H-pyrrole nitrogens is 1. The molecule has 8 nitrogen and oxygen atoms in total. The standard InChI is InChI=1S/C13H17N5O3/c1-8(6-17(2)3)16-11-5-10-9(4-12(11)18(20)21)13(19)15-7-14-10/h4-5,7-8,16H,6H2,1-3H3,(H,14,15,19). The van der Waals surface area contributed by atoms with Gasteiger partial charge in [-0.2, -0.15) is 0 Å². The first-order valence-electron chi connectivity index (χ1n) is 6.45. The number of nitrogens with one attached hydrogen (secondary N) is 2. The summed E-state index contributed by atoms with van der Waals surface area (Å²) in [5, 5.41) is 14.5. The maximum absolute atomic E-state index is 11.7. The maximum Gasteiger partial charge on any atom is 0.293 e. The molecule has 0 saturated carbocycles. The first-order chi connectivity index (χ1) is 9.88. The number of benzene rings is 1. The molecule has 2 rings (SSSR count).